The van der Waals surface area contributed by atoms with Crippen LogP contribution < -0.4 is 10.6 Å². The molecule has 22 heavy (non-hydrogen) atoms. The zero-order valence-corrected chi connectivity index (χ0v) is 12.0. The number of hydrogen-bond acceptors (Lipinski definition) is 5. The summed E-state index contributed by atoms with van der Waals surface area (Å²) >= 11 is 0. The average Bonchev–Trinajstić information content (AvgIpc) is 2.99. The Morgan fingerprint density at radius 3 is 2.59 bits per heavy atom. The number of para-hydroxylation sites is 1. The van der Waals surface area contributed by atoms with Crippen LogP contribution in [0.4, 0.5) is 11.6 Å². The summed E-state index contributed by atoms with van der Waals surface area (Å²) in [6.45, 7) is 1.53. The van der Waals surface area contributed by atoms with Gasteiger partial charge in [0.1, 0.15) is 0 Å². The van der Waals surface area contributed by atoms with Crippen LogP contribution in [-0.2, 0) is 13.1 Å². The van der Waals surface area contributed by atoms with E-state index in [9.17, 15) is 0 Å². The molecular weight excluding hydrogens is 274 g/mol. The molecule has 0 spiro atoms. The van der Waals surface area contributed by atoms with Crippen molar-refractivity contribution in [3.05, 3.63) is 66.1 Å². The standard InChI is InChI=1S/C17H15N5/c18-17-20-15-11-22(13-6-2-1-3-7-13)10-14(15)16(21-17)12-5-4-8-19-9-12/h1-9H,10-11H2,(H2,18,20,21). The van der Waals surface area contributed by atoms with Gasteiger partial charge in [0, 0.05) is 35.8 Å². The van der Waals surface area contributed by atoms with Crippen molar-refractivity contribution in [3.63, 3.8) is 0 Å². The second-order valence-electron chi connectivity index (χ2n) is 5.29. The number of pyridine rings is 1. The van der Waals surface area contributed by atoms with Gasteiger partial charge in [-0.05, 0) is 24.3 Å². The first-order valence-corrected chi connectivity index (χ1v) is 7.17. The fourth-order valence-corrected chi connectivity index (χ4v) is 2.84. The minimum absolute atomic E-state index is 0.313. The molecule has 5 nitrogen and oxygen atoms in total. The number of nitrogens with zero attached hydrogens (tertiary/aromatic N) is 4. The van der Waals surface area contributed by atoms with Crippen LogP contribution in [0.5, 0.6) is 0 Å². The minimum atomic E-state index is 0.313. The lowest BCUT2D eigenvalue weighted by Crippen LogP contribution is -2.14. The maximum Gasteiger partial charge on any atom is 0.220 e. The van der Waals surface area contributed by atoms with Gasteiger partial charge in [-0.15, -0.1) is 0 Å². The second kappa shape index (κ2) is 5.11. The van der Waals surface area contributed by atoms with E-state index >= 15 is 0 Å². The molecule has 108 valence electrons. The lowest BCUT2D eigenvalue weighted by molar-refractivity contribution is 0.871. The molecule has 2 aromatic heterocycles. The molecule has 2 N–H and O–H groups in total. The van der Waals surface area contributed by atoms with Crippen LogP contribution in [0.2, 0.25) is 0 Å². The molecular formula is C17H15N5. The van der Waals surface area contributed by atoms with E-state index in [0.717, 1.165) is 35.6 Å². The van der Waals surface area contributed by atoms with Crippen molar-refractivity contribution in [3.8, 4) is 11.3 Å². The number of aromatic nitrogens is 3. The molecule has 3 aromatic rings. The summed E-state index contributed by atoms with van der Waals surface area (Å²) in [4.78, 5) is 15.3. The summed E-state index contributed by atoms with van der Waals surface area (Å²) in [6, 6.07) is 14.2. The van der Waals surface area contributed by atoms with Crippen LogP contribution in [0.15, 0.2) is 54.9 Å². The highest BCUT2D eigenvalue weighted by Crippen LogP contribution is 2.33. The van der Waals surface area contributed by atoms with Gasteiger partial charge in [0.15, 0.2) is 0 Å². The molecule has 0 unspecified atom stereocenters. The van der Waals surface area contributed by atoms with Crippen LogP contribution in [-0.4, -0.2) is 15.0 Å². The van der Waals surface area contributed by atoms with Gasteiger partial charge in [0.05, 0.1) is 17.9 Å². The van der Waals surface area contributed by atoms with Crippen LogP contribution >= 0.6 is 0 Å². The van der Waals surface area contributed by atoms with Gasteiger partial charge < -0.3 is 10.6 Å². The number of nitrogen functional groups attached to an aromatic ring is 1. The Morgan fingerprint density at radius 1 is 0.955 bits per heavy atom. The summed E-state index contributed by atoms with van der Waals surface area (Å²) in [5.74, 6) is 0.313. The predicted molar refractivity (Wildman–Crippen MR) is 86.0 cm³/mol. The number of benzene rings is 1. The summed E-state index contributed by atoms with van der Waals surface area (Å²) in [7, 11) is 0. The van der Waals surface area contributed by atoms with E-state index in [2.05, 4.69) is 32.0 Å². The Hall–Kier alpha value is -2.95. The van der Waals surface area contributed by atoms with E-state index in [1.54, 1.807) is 6.20 Å². The molecule has 3 heterocycles. The number of nitrogens with two attached hydrogens (primary N) is 1. The number of rotatable bonds is 2. The van der Waals surface area contributed by atoms with Crippen LogP contribution in [0, 0.1) is 0 Å². The van der Waals surface area contributed by atoms with E-state index in [-0.39, 0.29) is 0 Å². The summed E-state index contributed by atoms with van der Waals surface area (Å²) < 4.78 is 0. The monoisotopic (exact) mass is 289 g/mol. The van der Waals surface area contributed by atoms with Gasteiger partial charge in [-0.25, -0.2) is 9.97 Å². The fraction of sp³-hybridized carbons (Fsp3) is 0.118. The van der Waals surface area contributed by atoms with Crippen molar-refractivity contribution in [1.29, 1.82) is 0 Å². The Morgan fingerprint density at radius 2 is 1.82 bits per heavy atom. The molecule has 0 fully saturated rings. The summed E-state index contributed by atoms with van der Waals surface area (Å²) in [5, 5.41) is 0. The fourth-order valence-electron chi connectivity index (χ4n) is 2.84. The van der Waals surface area contributed by atoms with E-state index in [1.165, 1.54) is 5.69 Å². The normalized spacial score (nSPS) is 13.2. The third-order valence-corrected chi connectivity index (χ3v) is 3.86. The zero-order chi connectivity index (χ0) is 14.9. The molecule has 0 radical (unpaired) electrons. The molecule has 0 aliphatic carbocycles. The largest absolute Gasteiger partial charge is 0.368 e. The van der Waals surface area contributed by atoms with Crippen molar-refractivity contribution in [2.24, 2.45) is 0 Å². The maximum atomic E-state index is 5.89. The molecule has 0 saturated heterocycles. The van der Waals surface area contributed by atoms with Gasteiger partial charge in [-0.2, -0.15) is 0 Å². The number of hydrogen-bond donors (Lipinski definition) is 1. The third-order valence-electron chi connectivity index (χ3n) is 3.86. The smallest absolute Gasteiger partial charge is 0.220 e. The highest BCUT2D eigenvalue weighted by Gasteiger charge is 2.25. The highest BCUT2D eigenvalue weighted by atomic mass is 15.2. The van der Waals surface area contributed by atoms with Gasteiger partial charge >= 0.3 is 0 Å². The molecule has 0 atom stereocenters. The summed E-state index contributed by atoms with van der Waals surface area (Å²) in [6.07, 6.45) is 3.57. The quantitative estimate of drug-likeness (QED) is 0.785. The third kappa shape index (κ3) is 2.16. The second-order valence-corrected chi connectivity index (χ2v) is 5.29. The SMILES string of the molecule is Nc1nc2c(c(-c3cccnc3)n1)CN(c1ccccc1)C2. The first kappa shape index (κ1) is 12.8. The van der Waals surface area contributed by atoms with Crippen molar-refractivity contribution in [2.45, 2.75) is 13.1 Å². The Balaban J connectivity index is 1.78. The first-order valence-electron chi connectivity index (χ1n) is 7.17. The average molecular weight is 289 g/mol. The van der Waals surface area contributed by atoms with Gasteiger partial charge in [-0.1, -0.05) is 18.2 Å². The molecule has 1 aromatic carbocycles. The first-order chi connectivity index (χ1) is 10.8. The van der Waals surface area contributed by atoms with E-state index in [4.69, 9.17) is 5.73 Å². The zero-order valence-electron chi connectivity index (χ0n) is 12.0. The summed E-state index contributed by atoms with van der Waals surface area (Å²) in [5.41, 5.74) is 11.1. The molecule has 0 bridgehead atoms. The van der Waals surface area contributed by atoms with Crippen LogP contribution in [0.25, 0.3) is 11.3 Å². The lowest BCUT2D eigenvalue weighted by atomic mass is 10.1. The lowest BCUT2D eigenvalue weighted by Gasteiger charge is -2.17. The van der Waals surface area contributed by atoms with Crippen LogP contribution in [0.1, 0.15) is 11.3 Å². The highest BCUT2D eigenvalue weighted by molar-refractivity contribution is 5.67. The molecule has 0 saturated carbocycles. The van der Waals surface area contributed by atoms with Crippen molar-refractivity contribution < 1.29 is 0 Å². The number of fused-ring (bicyclic) bond motifs is 1. The van der Waals surface area contributed by atoms with Crippen molar-refractivity contribution >= 4 is 11.6 Å². The predicted octanol–water partition coefficient (Wildman–Crippen LogP) is 2.64. The van der Waals surface area contributed by atoms with E-state index in [0.29, 0.717) is 5.95 Å². The number of anilines is 2. The topological polar surface area (TPSA) is 67.9 Å². The van der Waals surface area contributed by atoms with E-state index < -0.39 is 0 Å². The van der Waals surface area contributed by atoms with Gasteiger partial charge in [0.2, 0.25) is 5.95 Å². The molecule has 1 aliphatic heterocycles. The molecule has 1 aliphatic rings. The Bertz CT molecular complexity index is 802. The van der Waals surface area contributed by atoms with E-state index in [1.807, 2.05) is 36.5 Å². The van der Waals surface area contributed by atoms with Crippen molar-refractivity contribution in [1.82, 2.24) is 15.0 Å². The molecule has 4 rings (SSSR count). The minimum Gasteiger partial charge on any atom is -0.368 e. The Labute approximate surface area is 128 Å². The maximum absolute atomic E-state index is 5.89. The van der Waals surface area contributed by atoms with Crippen molar-refractivity contribution in [2.75, 3.05) is 10.6 Å². The van der Waals surface area contributed by atoms with Gasteiger partial charge in [0.25, 0.3) is 0 Å². The van der Waals surface area contributed by atoms with Crippen LogP contribution in [0.3, 0.4) is 0 Å². The Kier molecular flexibility index (Phi) is 2.96. The van der Waals surface area contributed by atoms with Gasteiger partial charge in [-0.3, -0.25) is 4.98 Å². The molecule has 5 heteroatoms. The molecule has 0 amide bonds.